The third kappa shape index (κ3) is 4.86. The first-order valence-corrected chi connectivity index (χ1v) is 12.1. The van der Waals surface area contributed by atoms with Crippen molar-refractivity contribution in [1.82, 2.24) is 15.1 Å². The Morgan fingerprint density at radius 1 is 1.08 bits per heavy atom. The van der Waals surface area contributed by atoms with E-state index in [1.54, 1.807) is 37.5 Å². The van der Waals surface area contributed by atoms with Crippen molar-refractivity contribution in [1.29, 1.82) is 0 Å². The number of methoxy groups -OCH3 is 1. The summed E-state index contributed by atoms with van der Waals surface area (Å²) in [4.78, 5) is 41.4. The second-order valence-corrected chi connectivity index (χ2v) is 9.41. The molecule has 188 valence electrons. The number of rotatable bonds is 6. The monoisotopic (exact) mass is 491 g/mol. The number of amides is 3. The van der Waals surface area contributed by atoms with Crippen LogP contribution >= 0.6 is 0 Å². The van der Waals surface area contributed by atoms with Crippen molar-refractivity contribution in [3.8, 4) is 5.75 Å². The zero-order valence-electron chi connectivity index (χ0n) is 20.2. The number of piperidine rings is 1. The van der Waals surface area contributed by atoms with Gasteiger partial charge >= 0.3 is 0 Å². The zero-order chi connectivity index (χ0) is 25.1. The highest BCUT2D eigenvalue weighted by molar-refractivity contribution is 5.97. The summed E-state index contributed by atoms with van der Waals surface area (Å²) >= 11 is 0. The molecule has 4 heterocycles. The molecule has 9 nitrogen and oxygen atoms in total. The quantitative estimate of drug-likeness (QED) is 0.531. The van der Waals surface area contributed by atoms with Crippen molar-refractivity contribution in [3.63, 3.8) is 0 Å². The Kier molecular flexibility index (Phi) is 6.54. The third-order valence-electron chi connectivity index (χ3n) is 7.20. The van der Waals surface area contributed by atoms with Crippen LogP contribution in [0.5, 0.6) is 5.75 Å². The summed E-state index contributed by atoms with van der Waals surface area (Å²) in [5.41, 5.74) is 0.581. The van der Waals surface area contributed by atoms with E-state index >= 15 is 0 Å². The zero-order valence-corrected chi connectivity index (χ0v) is 20.2. The number of carbonyl (C=O) groups is 3. The molecule has 5 rings (SSSR count). The molecular formula is C27H29N3O6. The lowest BCUT2D eigenvalue weighted by atomic mass is 9.77. The summed E-state index contributed by atoms with van der Waals surface area (Å²) in [6.45, 7) is 2.49. The number of nitrogens with zero attached hydrogens (tertiary/aromatic N) is 2. The van der Waals surface area contributed by atoms with Crippen LogP contribution in [0.4, 0.5) is 0 Å². The molecular weight excluding hydrogens is 462 g/mol. The molecule has 1 aromatic carbocycles. The highest BCUT2D eigenvalue weighted by Crippen LogP contribution is 2.41. The first-order chi connectivity index (χ1) is 17.5. The maximum absolute atomic E-state index is 13.1. The Hall–Kier alpha value is -4.01. The fourth-order valence-corrected chi connectivity index (χ4v) is 5.08. The predicted octanol–water partition coefficient (Wildman–Crippen LogP) is 3.32. The first-order valence-electron chi connectivity index (χ1n) is 12.1. The lowest BCUT2D eigenvalue weighted by Crippen LogP contribution is -2.45. The van der Waals surface area contributed by atoms with E-state index < -0.39 is 0 Å². The Bertz CT molecular complexity index is 1280. The SMILES string of the molecule is COc1cccc2cc(C(=O)N3CCC4(CCN(C(=O)CNC(=O)/C=C\c5ccco5)C4)CC3)oc12. The van der Waals surface area contributed by atoms with Gasteiger partial charge in [0.25, 0.3) is 5.91 Å². The van der Waals surface area contributed by atoms with Gasteiger partial charge in [0, 0.05) is 37.6 Å². The number of hydrogen-bond donors (Lipinski definition) is 1. The van der Waals surface area contributed by atoms with E-state index in [4.69, 9.17) is 13.6 Å². The molecule has 0 aliphatic carbocycles. The van der Waals surface area contributed by atoms with E-state index in [2.05, 4.69) is 5.32 Å². The molecule has 2 aliphatic heterocycles. The molecule has 0 radical (unpaired) electrons. The molecule has 36 heavy (non-hydrogen) atoms. The topological polar surface area (TPSA) is 105 Å². The van der Waals surface area contributed by atoms with Crippen LogP contribution in [0.25, 0.3) is 17.0 Å². The minimum atomic E-state index is -0.344. The smallest absolute Gasteiger partial charge is 0.289 e. The second-order valence-electron chi connectivity index (χ2n) is 9.41. The molecule has 1 spiro atoms. The molecule has 2 aromatic heterocycles. The van der Waals surface area contributed by atoms with Gasteiger partial charge in [0.15, 0.2) is 17.1 Å². The van der Waals surface area contributed by atoms with Crippen LogP contribution in [0.1, 0.15) is 35.6 Å². The molecule has 2 saturated heterocycles. The summed E-state index contributed by atoms with van der Waals surface area (Å²) in [5, 5.41) is 3.47. The Morgan fingerprint density at radius 2 is 1.86 bits per heavy atom. The minimum absolute atomic E-state index is 0.00668. The van der Waals surface area contributed by atoms with Gasteiger partial charge in [-0.25, -0.2) is 0 Å². The number of fused-ring (bicyclic) bond motifs is 1. The van der Waals surface area contributed by atoms with E-state index in [0.29, 0.717) is 49.0 Å². The first kappa shape index (κ1) is 23.7. The molecule has 3 aromatic rings. The minimum Gasteiger partial charge on any atom is -0.493 e. The van der Waals surface area contributed by atoms with Crippen molar-refractivity contribution in [2.75, 3.05) is 39.8 Å². The summed E-state index contributed by atoms with van der Waals surface area (Å²) < 4.78 is 16.3. The van der Waals surface area contributed by atoms with Gasteiger partial charge < -0.3 is 28.7 Å². The molecule has 0 atom stereocenters. The summed E-state index contributed by atoms with van der Waals surface area (Å²) in [6, 6.07) is 10.8. The fourth-order valence-electron chi connectivity index (χ4n) is 5.08. The lowest BCUT2D eigenvalue weighted by Gasteiger charge is -2.39. The fraction of sp³-hybridized carbons (Fsp3) is 0.370. The summed E-state index contributed by atoms with van der Waals surface area (Å²) in [5.74, 6) is 0.919. The standard InChI is InChI=1S/C27H29N3O6/c1-34-21-6-2-4-19-16-22(36-25(19)21)26(33)29-12-9-27(10-13-29)11-14-30(18-27)24(32)17-28-23(31)8-7-20-5-3-15-35-20/h2-8,15-16H,9-14,17-18H2,1H3,(H,28,31)/b8-7-. The summed E-state index contributed by atoms with van der Waals surface area (Å²) in [7, 11) is 1.58. The van der Waals surface area contributed by atoms with Gasteiger partial charge in [-0.1, -0.05) is 12.1 Å². The molecule has 0 unspecified atom stereocenters. The number of nitrogens with one attached hydrogen (secondary N) is 1. The van der Waals surface area contributed by atoms with Crippen LogP contribution in [0.3, 0.4) is 0 Å². The van der Waals surface area contributed by atoms with Crippen molar-refractivity contribution < 1.29 is 28.0 Å². The van der Waals surface area contributed by atoms with Crippen LogP contribution in [0.15, 0.2) is 57.6 Å². The van der Waals surface area contributed by atoms with Crippen LogP contribution in [-0.4, -0.2) is 67.4 Å². The normalized spacial score (nSPS) is 17.2. The average molecular weight is 492 g/mol. The summed E-state index contributed by atoms with van der Waals surface area (Å²) in [6.07, 6.45) is 6.98. The Morgan fingerprint density at radius 3 is 2.58 bits per heavy atom. The largest absolute Gasteiger partial charge is 0.493 e. The average Bonchev–Trinajstić information content (AvgIpc) is 3.66. The number of para-hydroxylation sites is 1. The van der Waals surface area contributed by atoms with Gasteiger partial charge in [-0.05, 0) is 55.0 Å². The van der Waals surface area contributed by atoms with Gasteiger partial charge in [0.1, 0.15) is 5.76 Å². The molecule has 9 heteroatoms. The van der Waals surface area contributed by atoms with E-state index in [-0.39, 0.29) is 29.7 Å². The maximum Gasteiger partial charge on any atom is 0.289 e. The van der Waals surface area contributed by atoms with E-state index in [0.717, 1.165) is 24.6 Å². The lowest BCUT2D eigenvalue weighted by molar-refractivity contribution is -0.131. The van der Waals surface area contributed by atoms with Crippen LogP contribution < -0.4 is 10.1 Å². The molecule has 1 N–H and O–H groups in total. The number of benzene rings is 1. The predicted molar refractivity (Wildman–Crippen MR) is 132 cm³/mol. The van der Waals surface area contributed by atoms with Crippen molar-refractivity contribution >= 4 is 34.8 Å². The van der Waals surface area contributed by atoms with Gasteiger partial charge in [0.2, 0.25) is 11.8 Å². The second kappa shape index (κ2) is 9.93. The maximum atomic E-state index is 13.1. The van der Waals surface area contributed by atoms with Gasteiger partial charge in [-0.2, -0.15) is 0 Å². The third-order valence-corrected chi connectivity index (χ3v) is 7.20. The molecule has 0 bridgehead atoms. The highest BCUT2D eigenvalue weighted by atomic mass is 16.5. The highest BCUT2D eigenvalue weighted by Gasteiger charge is 2.43. The number of hydrogen-bond acceptors (Lipinski definition) is 6. The van der Waals surface area contributed by atoms with Gasteiger partial charge in [-0.3, -0.25) is 14.4 Å². The number of furan rings is 2. The van der Waals surface area contributed by atoms with Crippen LogP contribution in [0.2, 0.25) is 0 Å². The van der Waals surface area contributed by atoms with Gasteiger partial charge in [-0.15, -0.1) is 0 Å². The van der Waals surface area contributed by atoms with Crippen molar-refractivity contribution in [2.45, 2.75) is 19.3 Å². The van der Waals surface area contributed by atoms with E-state index in [9.17, 15) is 14.4 Å². The van der Waals surface area contributed by atoms with Crippen LogP contribution in [-0.2, 0) is 9.59 Å². The molecule has 3 amide bonds. The molecule has 2 aliphatic rings. The van der Waals surface area contributed by atoms with E-state index in [1.165, 1.54) is 12.3 Å². The van der Waals surface area contributed by atoms with Crippen LogP contribution in [0, 0.1) is 5.41 Å². The Labute approximate surface area is 208 Å². The Balaban J connectivity index is 1.12. The number of ether oxygens (including phenoxy) is 1. The van der Waals surface area contributed by atoms with E-state index in [1.807, 2.05) is 21.9 Å². The number of carbonyl (C=O) groups excluding carboxylic acids is 3. The van der Waals surface area contributed by atoms with Gasteiger partial charge in [0.05, 0.1) is 19.9 Å². The molecule has 0 saturated carbocycles. The number of likely N-dealkylation sites (tertiary alicyclic amines) is 2. The molecule has 2 fully saturated rings. The van der Waals surface area contributed by atoms with Crippen molar-refractivity contribution in [3.05, 3.63) is 60.3 Å². The van der Waals surface area contributed by atoms with Crippen molar-refractivity contribution in [2.24, 2.45) is 5.41 Å².